The van der Waals surface area contributed by atoms with Crippen LogP contribution in [0.25, 0.3) is 0 Å². The van der Waals surface area contributed by atoms with Crippen molar-refractivity contribution in [2.75, 3.05) is 5.32 Å². The van der Waals surface area contributed by atoms with E-state index in [9.17, 15) is 9.90 Å². The molecule has 0 saturated heterocycles. The lowest BCUT2D eigenvalue weighted by Gasteiger charge is -2.31. The molecule has 0 aliphatic rings. The smallest absolute Gasteiger partial charge is 0.329 e. The van der Waals surface area contributed by atoms with Crippen LogP contribution in [0.4, 0.5) is 5.69 Å². The highest BCUT2D eigenvalue weighted by molar-refractivity contribution is 5.83. The Kier molecular flexibility index (Phi) is 4.55. The Morgan fingerprint density at radius 1 is 1.35 bits per heavy atom. The normalized spacial score (nSPS) is 14.1. The van der Waals surface area contributed by atoms with Crippen molar-refractivity contribution in [1.82, 2.24) is 0 Å². The van der Waals surface area contributed by atoms with E-state index >= 15 is 0 Å². The first-order chi connectivity index (χ1) is 8.05. The molecule has 0 aliphatic carbocycles. The molecule has 1 aromatic carbocycles. The van der Waals surface area contributed by atoms with Gasteiger partial charge in [0.1, 0.15) is 5.54 Å². The molecule has 94 valence electrons. The molecule has 3 nitrogen and oxygen atoms in total. The Morgan fingerprint density at radius 2 is 2.00 bits per heavy atom. The van der Waals surface area contributed by atoms with Gasteiger partial charge in [-0.2, -0.15) is 0 Å². The van der Waals surface area contributed by atoms with E-state index in [1.807, 2.05) is 45.0 Å². The highest BCUT2D eigenvalue weighted by Crippen LogP contribution is 2.26. The minimum Gasteiger partial charge on any atom is -0.480 e. The predicted molar refractivity (Wildman–Crippen MR) is 70.4 cm³/mol. The molecule has 0 bridgehead atoms. The van der Waals surface area contributed by atoms with Crippen molar-refractivity contribution in [2.24, 2.45) is 0 Å². The van der Waals surface area contributed by atoms with Gasteiger partial charge in [0.15, 0.2) is 0 Å². The molecule has 0 fully saturated rings. The van der Waals surface area contributed by atoms with Crippen LogP contribution in [0, 0.1) is 6.92 Å². The van der Waals surface area contributed by atoms with Crippen LogP contribution in [0.3, 0.4) is 0 Å². The molecule has 1 aromatic rings. The molecule has 1 atom stereocenters. The number of carboxylic acids is 1. The molecule has 0 amide bonds. The van der Waals surface area contributed by atoms with E-state index in [4.69, 9.17) is 0 Å². The standard InChI is InChI=1S/C14H21NO2/c1-4-10-14(5-2,13(16)17)15-12-9-7-6-8-11(12)3/h6-9,15H,4-5,10H2,1-3H3,(H,16,17). The zero-order chi connectivity index (χ0) is 12.9. The topological polar surface area (TPSA) is 49.3 Å². The van der Waals surface area contributed by atoms with Gasteiger partial charge in [-0.3, -0.25) is 0 Å². The summed E-state index contributed by atoms with van der Waals surface area (Å²) in [5.74, 6) is -0.773. The zero-order valence-corrected chi connectivity index (χ0v) is 10.8. The minimum atomic E-state index is -0.846. The van der Waals surface area contributed by atoms with Crippen LogP contribution < -0.4 is 5.32 Å². The number of aryl methyl sites for hydroxylation is 1. The third-order valence-corrected chi connectivity index (χ3v) is 3.21. The summed E-state index contributed by atoms with van der Waals surface area (Å²) < 4.78 is 0. The number of carboxylic acid groups (broad SMARTS) is 1. The lowest BCUT2D eigenvalue weighted by atomic mass is 9.90. The van der Waals surface area contributed by atoms with Crippen LogP contribution in [0.2, 0.25) is 0 Å². The molecule has 0 saturated carbocycles. The first kappa shape index (κ1) is 13.6. The molecular formula is C14H21NO2. The SMILES string of the molecule is CCCC(CC)(Nc1ccccc1C)C(=O)O. The first-order valence-corrected chi connectivity index (χ1v) is 6.13. The second-order valence-corrected chi connectivity index (χ2v) is 4.43. The van der Waals surface area contributed by atoms with Crippen molar-refractivity contribution >= 4 is 11.7 Å². The Morgan fingerprint density at radius 3 is 2.47 bits per heavy atom. The van der Waals surface area contributed by atoms with E-state index < -0.39 is 11.5 Å². The third-order valence-electron chi connectivity index (χ3n) is 3.21. The third kappa shape index (κ3) is 2.99. The fourth-order valence-electron chi connectivity index (χ4n) is 2.04. The quantitative estimate of drug-likeness (QED) is 0.794. The number of benzene rings is 1. The number of hydrogen-bond acceptors (Lipinski definition) is 2. The second kappa shape index (κ2) is 5.71. The molecule has 0 heterocycles. The van der Waals surface area contributed by atoms with Crippen LogP contribution >= 0.6 is 0 Å². The van der Waals surface area contributed by atoms with Gasteiger partial charge in [0.25, 0.3) is 0 Å². The summed E-state index contributed by atoms with van der Waals surface area (Å²) >= 11 is 0. The van der Waals surface area contributed by atoms with E-state index in [0.29, 0.717) is 12.8 Å². The molecule has 2 N–H and O–H groups in total. The maximum absolute atomic E-state index is 11.5. The lowest BCUT2D eigenvalue weighted by molar-refractivity contribution is -0.142. The van der Waals surface area contributed by atoms with E-state index in [2.05, 4.69) is 5.32 Å². The van der Waals surface area contributed by atoms with E-state index in [0.717, 1.165) is 17.7 Å². The Balaban J connectivity index is 3.01. The van der Waals surface area contributed by atoms with Crippen molar-refractivity contribution in [3.05, 3.63) is 29.8 Å². The van der Waals surface area contributed by atoms with Crippen molar-refractivity contribution in [3.8, 4) is 0 Å². The van der Waals surface area contributed by atoms with E-state index in [1.165, 1.54) is 0 Å². The molecule has 0 aromatic heterocycles. The van der Waals surface area contributed by atoms with Crippen LogP contribution in [0.15, 0.2) is 24.3 Å². The zero-order valence-electron chi connectivity index (χ0n) is 10.8. The number of rotatable bonds is 6. The predicted octanol–water partition coefficient (Wildman–Crippen LogP) is 3.44. The second-order valence-electron chi connectivity index (χ2n) is 4.43. The molecule has 1 rings (SSSR count). The van der Waals surface area contributed by atoms with Gasteiger partial charge in [0, 0.05) is 5.69 Å². The summed E-state index contributed by atoms with van der Waals surface area (Å²) in [7, 11) is 0. The fourth-order valence-corrected chi connectivity index (χ4v) is 2.04. The van der Waals surface area contributed by atoms with Gasteiger partial charge >= 0.3 is 5.97 Å². The van der Waals surface area contributed by atoms with Crippen LogP contribution in [0.1, 0.15) is 38.7 Å². The van der Waals surface area contributed by atoms with Crippen LogP contribution in [-0.4, -0.2) is 16.6 Å². The number of aliphatic carboxylic acids is 1. The lowest BCUT2D eigenvalue weighted by Crippen LogP contribution is -2.45. The highest BCUT2D eigenvalue weighted by Gasteiger charge is 2.35. The van der Waals surface area contributed by atoms with Crippen molar-refractivity contribution in [3.63, 3.8) is 0 Å². The van der Waals surface area contributed by atoms with Gasteiger partial charge in [0.2, 0.25) is 0 Å². The van der Waals surface area contributed by atoms with Gasteiger partial charge in [-0.1, -0.05) is 38.5 Å². The molecule has 0 aliphatic heterocycles. The molecule has 0 spiro atoms. The molecule has 0 radical (unpaired) electrons. The summed E-state index contributed by atoms with van der Waals surface area (Å²) in [5, 5.41) is 12.7. The largest absolute Gasteiger partial charge is 0.480 e. The first-order valence-electron chi connectivity index (χ1n) is 6.13. The minimum absolute atomic E-state index is 0.574. The Labute approximate surface area is 103 Å². The number of nitrogens with one attached hydrogen (secondary N) is 1. The maximum atomic E-state index is 11.5. The summed E-state index contributed by atoms with van der Waals surface area (Å²) in [6.07, 6.45) is 2.05. The van der Waals surface area contributed by atoms with Crippen molar-refractivity contribution < 1.29 is 9.90 Å². The summed E-state index contributed by atoms with van der Waals surface area (Å²) in [4.78, 5) is 11.5. The van der Waals surface area contributed by atoms with Gasteiger partial charge in [-0.15, -0.1) is 0 Å². The van der Waals surface area contributed by atoms with Crippen LogP contribution in [-0.2, 0) is 4.79 Å². The summed E-state index contributed by atoms with van der Waals surface area (Å²) in [6.45, 7) is 5.90. The van der Waals surface area contributed by atoms with E-state index in [1.54, 1.807) is 0 Å². The Bertz CT molecular complexity index is 390. The summed E-state index contributed by atoms with van der Waals surface area (Å²) in [5.41, 5.74) is 1.13. The molecular weight excluding hydrogens is 214 g/mol. The van der Waals surface area contributed by atoms with Gasteiger partial charge < -0.3 is 10.4 Å². The van der Waals surface area contributed by atoms with Crippen molar-refractivity contribution in [2.45, 2.75) is 45.6 Å². The van der Waals surface area contributed by atoms with Gasteiger partial charge in [-0.05, 0) is 31.4 Å². The van der Waals surface area contributed by atoms with Crippen LogP contribution in [0.5, 0.6) is 0 Å². The fraction of sp³-hybridized carbons (Fsp3) is 0.500. The number of anilines is 1. The maximum Gasteiger partial charge on any atom is 0.329 e. The monoisotopic (exact) mass is 235 g/mol. The van der Waals surface area contributed by atoms with Gasteiger partial charge in [-0.25, -0.2) is 4.79 Å². The summed E-state index contributed by atoms with van der Waals surface area (Å²) in [6, 6.07) is 7.78. The van der Waals surface area contributed by atoms with Gasteiger partial charge in [0.05, 0.1) is 0 Å². The molecule has 3 heteroatoms. The Hall–Kier alpha value is -1.51. The number of carbonyl (C=O) groups is 1. The number of para-hydroxylation sites is 1. The highest BCUT2D eigenvalue weighted by atomic mass is 16.4. The average molecular weight is 235 g/mol. The number of hydrogen-bond donors (Lipinski definition) is 2. The molecule has 1 unspecified atom stereocenters. The molecule has 17 heavy (non-hydrogen) atoms. The van der Waals surface area contributed by atoms with E-state index in [-0.39, 0.29) is 0 Å². The van der Waals surface area contributed by atoms with Crippen molar-refractivity contribution in [1.29, 1.82) is 0 Å². The average Bonchev–Trinajstić information content (AvgIpc) is 2.31.